The highest BCUT2D eigenvalue weighted by Crippen LogP contribution is 2.13. The first-order valence-electron chi connectivity index (χ1n) is 16.4. The maximum Gasteiger partial charge on any atom is 0.372 e. The molecule has 0 fully saturated rings. The van der Waals surface area contributed by atoms with Crippen molar-refractivity contribution in [2.45, 2.75) is 86.5 Å². The monoisotopic (exact) mass is 692 g/mol. The summed E-state index contributed by atoms with van der Waals surface area (Å²) in [5.41, 5.74) is 7.13. The average molecular weight is 693 g/mol. The number of rotatable bonds is 15. The van der Waals surface area contributed by atoms with Crippen LogP contribution in [-0.4, -0.2) is 57.8 Å². The second-order valence-electron chi connectivity index (χ2n) is 11.6. The summed E-state index contributed by atoms with van der Waals surface area (Å²) in [5.74, 6) is -3.37. The van der Waals surface area contributed by atoms with E-state index in [1.54, 1.807) is 6.08 Å². The van der Waals surface area contributed by atoms with Gasteiger partial charge < -0.3 is 25.2 Å². The van der Waals surface area contributed by atoms with Crippen molar-refractivity contribution in [1.29, 1.82) is 0 Å². The van der Waals surface area contributed by atoms with E-state index in [-0.39, 0.29) is 24.7 Å². The minimum Gasteiger partial charge on any atom is -0.508 e. The average Bonchev–Trinajstić information content (AvgIpc) is 3.06. The zero-order valence-corrected chi connectivity index (χ0v) is 30.6. The first kappa shape index (κ1) is 47.1. The van der Waals surface area contributed by atoms with Gasteiger partial charge in [-0.1, -0.05) is 89.1 Å². The molecule has 0 amide bonds. The number of Topliss-reactive ketones (excluding diaryl/α,β-unsaturated/α-hetero) is 1. The summed E-state index contributed by atoms with van der Waals surface area (Å²) in [7, 11) is 1.35. The van der Waals surface area contributed by atoms with Crippen LogP contribution in [0.2, 0.25) is 0 Å². The van der Waals surface area contributed by atoms with Crippen molar-refractivity contribution in [3.8, 4) is 5.75 Å². The summed E-state index contributed by atoms with van der Waals surface area (Å²) in [6.07, 6.45) is 18.2. The Morgan fingerprint density at radius 2 is 1.14 bits per heavy atom. The SMILES string of the molecule is CC(C)=CCCC(C)=CCCC(C)=CCCC(C)=CCO.COC(C)=O.O=C(O)C(=O)Cc1ccc(O)cc1.O=C(O)C=Cc1ccccc1. The number of carboxylic acid groups (broad SMARTS) is 2. The Kier molecular flexibility index (Phi) is 28.3. The number of carbonyl (C=O) groups excluding carboxylic acids is 2. The van der Waals surface area contributed by atoms with Crippen LogP contribution in [0.5, 0.6) is 5.75 Å². The molecule has 50 heavy (non-hydrogen) atoms. The largest absolute Gasteiger partial charge is 0.508 e. The number of phenolic OH excluding ortho intramolecular Hbond substituents is 1. The Hall–Kier alpha value is -5.02. The fourth-order valence-corrected chi connectivity index (χ4v) is 3.75. The molecule has 9 nitrogen and oxygen atoms in total. The Labute approximate surface area is 298 Å². The number of carbonyl (C=O) groups is 4. The van der Waals surface area contributed by atoms with E-state index in [4.69, 9.17) is 20.4 Å². The molecule has 274 valence electrons. The lowest BCUT2D eigenvalue weighted by atomic mass is 10.0. The van der Waals surface area contributed by atoms with Crippen molar-refractivity contribution in [2.75, 3.05) is 13.7 Å². The highest BCUT2D eigenvalue weighted by molar-refractivity contribution is 6.33. The molecule has 0 unspecified atom stereocenters. The number of esters is 1. The van der Waals surface area contributed by atoms with Crippen LogP contribution in [-0.2, 0) is 30.3 Å². The zero-order chi connectivity index (χ0) is 38.3. The van der Waals surface area contributed by atoms with Crippen LogP contribution in [0.4, 0.5) is 0 Å². The van der Waals surface area contributed by atoms with E-state index in [1.165, 1.54) is 67.0 Å². The third kappa shape index (κ3) is 31.6. The molecule has 2 rings (SSSR count). The standard InChI is InChI=1S/C20H34O.C9H8O4.C9H8O2.C3H6O2/c1-17(2)9-6-10-18(3)11-7-12-19(4)13-8-14-20(5)15-16-21;10-7-3-1-6(2-4-7)5-8(11)9(12)13;10-9(11)7-6-8-4-2-1-3-5-8;1-3(4)5-2/h9,11,13,15,21H,6-8,10,12,14,16H2,1-5H3;1-4,10H,5H2,(H,12,13);1-7H,(H,10,11);1-2H3. The molecule has 0 heterocycles. The van der Waals surface area contributed by atoms with Gasteiger partial charge in [-0.2, -0.15) is 0 Å². The molecule has 0 saturated carbocycles. The minimum absolute atomic E-state index is 0.0894. The first-order valence-corrected chi connectivity index (χ1v) is 16.4. The number of aromatic hydroxyl groups is 1. The maximum absolute atomic E-state index is 10.7. The molecular weight excluding hydrogens is 636 g/mol. The van der Waals surface area contributed by atoms with Gasteiger partial charge in [-0.05, 0) is 102 Å². The van der Waals surface area contributed by atoms with Gasteiger partial charge in [-0.3, -0.25) is 9.59 Å². The molecular formula is C41H56O9. The first-order chi connectivity index (χ1) is 23.6. The number of aliphatic carboxylic acids is 2. The lowest BCUT2D eigenvalue weighted by Gasteiger charge is -2.02. The Bertz CT molecular complexity index is 1420. The molecule has 0 saturated heterocycles. The normalized spacial score (nSPS) is 11.1. The van der Waals surface area contributed by atoms with Crippen molar-refractivity contribution in [3.05, 3.63) is 118 Å². The molecule has 0 aromatic heterocycles. The number of phenols is 1. The van der Waals surface area contributed by atoms with Gasteiger partial charge in [0.05, 0.1) is 13.7 Å². The summed E-state index contributed by atoms with van der Waals surface area (Å²) in [4.78, 5) is 40.6. The second kappa shape index (κ2) is 30.1. The van der Waals surface area contributed by atoms with E-state index in [2.05, 4.69) is 57.6 Å². The molecule has 0 spiro atoms. The van der Waals surface area contributed by atoms with Crippen LogP contribution in [0.3, 0.4) is 0 Å². The number of hydrogen-bond donors (Lipinski definition) is 4. The highest BCUT2D eigenvalue weighted by atomic mass is 16.5. The lowest BCUT2D eigenvalue weighted by Crippen LogP contribution is -2.14. The van der Waals surface area contributed by atoms with Crippen molar-refractivity contribution in [3.63, 3.8) is 0 Å². The summed E-state index contributed by atoms with van der Waals surface area (Å²) in [6.45, 7) is 12.4. The van der Waals surface area contributed by atoms with E-state index < -0.39 is 17.7 Å². The Morgan fingerprint density at radius 1 is 0.680 bits per heavy atom. The van der Waals surface area contributed by atoms with Gasteiger partial charge in [0.2, 0.25) is 5.78 Å². The molecule has 0 aliphatic carbocycles. The van der Waals surface area contributed by atoms with E-state index in [0.29, 0.717) is 5.56 Å². The number of ketones is 1. The number of carboxylic acids is 2. The number of hydrogen-bond acceptors (Lipinski definition) is 7. The fourth-order valence-electron chi connectivity index (χ4n) is 3.75. The van der Waals surface area contributed by atoms with E-state index in [1.807, 2.05) is 36.4 Å². The third-order valence-electron chi connectivity index (χ3n) is 6.64. The predicted octanol–water partition coefficient (Wildman–Crippen LogP) is 8.68. The predicted molar refractivity (Wildman–Crippen MR) is 201 cm³/mol. The number of ether oxygens (including phenoxy) is 1. The molecule has 0 aliphatic rings. The van der Waals surface area contributed by atoms with Crippen LogP contribution < -0.4 is 0 Å². The van der Waals surface area contributed by atoms with Crippen molar-refractivity contribution >= 4 is 29.8 Å². The van der Waals surface area contributed by atoms with Crippen LogP contribution in [0.15, 0.2) is 107 Å². The summed E-state index contributed by atoms with van der Waals surface area (Å²) < 4.78 is 4.11. The van der Waals surface area contributed by atoms with Gasteiger partial charge in [0.15, 0.2) is 0 Å². The van der Waals surface area contributed by atoms with Crippen LogP contribution in [0, 0.1) is 0 Å². The second-order valence-corrected chi connectivity index (χ2v) is 11.6. The van der Waals surface area contributed by atoms with Crippen molar-refractivity contribution in [2.24, 2.45) is 0 Å². The maximum atomic E-state index is 10.7. The van der Waals surface area contributed by atoms with Crippen molar-refractivity contribution < 1.29 is 44.3 Å². The third-order valence-corrected chi connectivity index (χ3v) is 6.64. The van der Waals surface area contributed by atoms with Crippen LogP contribution in [0.25, 0.3) is 6.08 Å². The van der Waals surface area contributed by atoms with Gasteiger partial charge in [-0.25, -0.2) is 9.59 Å². The fraction of sp³-hybridized carbons (Fsp3) is 0.366. The molecule has 4 N–H and O–H groups in total. The smallest absolute Gasteiger partial charge is 0.372 e. The topological polar surface area (TPSA) is 158 Å². The van der Waals surface area contributed by atoms with Crippen LogP contribution in [0.1, 0.15) is 91.2 Å². The molecule has 9 heteroatoms. The van der Waals surface area contributed by atoms with Crippen LogP contribution >= 0.6 is 0 Å². The van der Waals surface area contributed by atoms with E-state index in [9.17, 15) is 19.2 Å². The van der Waals surface area contributed by atoms with Gasteiger partial charge >= 0.3 is 17.9 Å². The number of allylic oxidation sites excluding steroid dienone is 7. The van der Waals surface area contributed by atoms with Crippen molar-refractivity contribution in [1.82, 2.24) is 0 Å². The summed E-state index contributed by atoms with van der Waals surface area (Å²) in [6, 6.07) is 15.1. The molecule has 2 aromatic carbocycles. The van der Waals surface area contributed by atoms with Gasteiger partial charge in [0, 0.05) is 19.4 Å². The Balaban J connectivity index is 0. The van der Waals surface area contributed by atoms with E-state index >= 15 is 0 Å². The molecule has 2 aromatic rings. The number of benzene rings is 2. The van der Waals surface area contributed by atoms with Gasteiger partial charge in [0.1, 0.15) is 5.75 Å². The molecule has 0 atom stereocenters. The molecule has 0 aliphatic heterocycles. The highest BCUT2D eigenvalue weighted by Gasteiger charge is 2.11. The van der Waals surface area contributed by atoms with Gasteiger partial charge in [-0.15, -0.1) is 0 Å². The van der Waals surface area contributed by atoms with Gasteiger partial charge in [0.25, 0.3) is 0 Å². The molecule has 0 radical (unpaired) electrons. The van der Waals surface area contributed by atoms with E-state index in [0.717, 1.165) is 43.7 Å². The summed E-state index contributed by atoms with van der Waals surface area (Å²) in [5, 5.41) is 34.3. The Morgan fingerprint density at radius 3 is 1.54 bits per heavy atom. The minimum atomic E-state index is -1.44. The quantitative estimate of drug-likeness (QED) is 0.0620. The lowest BCUT2D eigenvalue weighted by molar-refractivity contribution is -0.148. The molecule has 0 bridgehead atoms. The summed E-state index contributed by atoms with van der Waals surface area (Å²) >= 11 is 0. The number of aliphatic hydroxyl groups is 1. The number of methoxy groups -OCH3 is 1. The zero-order valence-electron chi connectivity index (χ0n) is 30.6. The number of aliphatic hydroxyl groups excluding tert-OH is 1.